The summed E-state index contributed by atoms with van der Waals surface area (Å²) < 4.78 is 5.54. The topological polar surface area (TPSA) is 95.9 Å². The summed E-state index contributed by atoms with van der Waals surface area (Å²) in [5, 5.41) is 12.0. The Labute approximate surface area is 152 Å². The lowest BCUT2D eigenvalue weighted by molar-refractivity contribution is -0.157. The molecule has 3 rings (SSSR count). The zero-order valence-electron chi connectivity index (χ0n) is 14.7. The van der Waals surface area contributed by atoms with Crippen molar-refractivity contribution >= 4 is 23.5 Å². The summed E-state index contributed by atoms with van der Waals surface area (Å²) in [6.45, 7) is 1.53. The summed E-state index contributed by atoms with van der Waals surface area (Å²) in [7, 11) is 0. The zero-order valence-corrected chi connectivity index (χ0v) is 14.7. The van der Waals surface area contributed by atoms with Gasteiger partial charge in [-0.25, -0.2) is 0 Å². The van der Waals surface area contributed by atoms with Crippen LogP contribution >= 0.6 is 0 Å². The molecule has 2 N–H and O–H groups in total. The van der Waals surface area contributed by atoms with Gasteiger partial charge in [0.25, 0.3) is 5.91 Å². The molecule has 26 heavy (non-hydrogen) atoms. The molecule has 1 heterocycles. The maximum Gasteiger partial charge on any atom is 0.310 e. The highest BCUT2D eigenvalue weighted by Gasteiger charge is 2.45. The Kier molecular flexibility index (Phi) is 5.44. The van der Waals surface area contributed by atoms with Crippen LogP contribution in [0.3, 0.4) is 0 Å². The maximum absolute atomic E-state index is 12.2. The van der Waals surface area contributed by atoms with Crippen molar-refractivity contribution in [1.29, 1.82) is 0 Å². The van der Waals surface area contributed by atoms with Gasteiger partial charge in [-0.05, 0) is 37.8 Å². The number of carbonyl (C=O) groups excluding carboxylic acids is 2. The van der Waals surface area contributed by atoms with Crippen molar-refractivity contribution in [2.45, 2.75) is 38.5 Å². The van der Waals surface area contributed by atoms with Crippen LogP contribution in [0.5, 0.6) is 5.75 Å². The highest BCUT2D eigenvalue weighted by Crippen LogP contribution is 2.44. The van der Waals surface area contributed by atoms with Crippen molar-refractivity contribution in [2.24, 2.45) is 5.41 Å². The van der Waals surface area contributed by atoms with Gasteiger partial charge in [0.2, 0.25) is 5.91 Å². The first-order valence-corrected chi connectivity index (χ1v) is 9.02. The fourth-order valence-corrected chi connectivity index (χ4v) is 3.45. The molecule has 7 nitrogen and oxygen atoms in total. The van der Waals surface area contributed by atoms with E-state index in [-0.39, 0.29) is 24.8 Å². The number of carboxylic acid groups (broad SMARTS) is 1. The number of hydrogen-bond acceptors (Lipinski definition) is 4. The number of aliphatic carboxylic acids is 1. The molecule has 0 radical (unpaired) electrons. The van der Waals surface area contributed by atoms with Crippen molar-refractivity contribution in [3.63, 3.8) is 0 Å². The summed E-state index contributed by atoms with van der Waals surface area (Å²) in [5.41, 5.74) is -0.388. The molecule has 2 aliphatic rings. The highest BCUT2D eigenvalue weighted by atomic mass is 16.5. The summed E-state index contributed by atoms with van der Waals surface area (Å²) in [6, 6.07) is 6.80. The first-order chi connectivity index (χ1) is 12.5. The van der Waals surface area contributed by atoms with E-state index in [2.05, 4.69) is 5.32 Å². The molecule has 1 aromatic rings. The van der Waals surface area contributed by atoms with E-state index in [0.29, 0.717) is 24.3 Å². The minimum absolute atomic E-state index is 0.0269. The number of rotatable bonds is 7. The van der Waals surface area contributed by atoms with Crippen LogP contribution in [0.25, 0.3) is 0 Å². The molecule has 0 spiro atoms. The Morgan fingerprint density at radius 2 is 1.88 bits per heavy atom. The van der Waals surface area contributed by atoms with Crippen LogP contribution in [0.2, 0.25) is 0 Å². The molecule has 2 amide bonds. The molecule has 140 valence electrons. The minimum atomic E-state index is -0.916. The van der Waals surface area contributed by atoms with Crippen LogP contribution in [-0.2, 0) is 14.4 Å². The van der Waals surface area contributed by atoms with Crippen LogP contribution < -0.4 is 10.1 Å². The second-order valence-corrected chi connectivity index (χ2v) is 7.07. The van der Waals surface area contributed by atoms with Crippen molar-refractivity contribution in [3.8, 4) is 5.75 Å². The second kappa shape index (κ2) is 7.76. The van der Waals surface area contributed by atoms with Gasteiger partial charge in [0.05, 0.1) is 5.41 Å². The first kappa shape index (κ1) is 18.2. The Morgan fingerprint density at radius 1 is 1.15 bits per heavy atom. The number of ether oxygens (including phenoxy) is 1. The smallest absolute Gasteiger partial charge is 0.310 e. The number of anilines is 1. The Bertz CT molecular complexity index is 693. The number of nitrogens with one attached hydrogen (secondary N) is 1. The Balaban J connectivity index is 1.52. The number of hydrogen-bond donors (Lipinski definition) is 2. The quantitative estimate of drug-likeness (QED) is 0.778. The third-order valence-corrected chi connectivity index (χ3v) is 5.20. The van der Waals surface area contributed by atoms with Crippen molar-refractivity contribution in [3.05, 3.63) is 24.3 Å². The predicted molar refractivity (Wildman–Crippen MR) is 94.9 cm³/mol. The van der Waals surface area contributed by atoms with E-state index in [4.69, 9.17) is 4.74 Å². The largest absolute Gasteiger partial charge is 0.484 e. The Hall–Kier alpha value is -2.57. The van der Waals surface area contributed by atoms with Crippen LogP contribution in [0, 0.1) is 5.41 Å². The van der Waals surface area contributed by atoms with Gasteiger partial charge in [0.1, 0.15) is 5.75 Å². The molecule has 1 aliphatic carbocycles. The molecule has 1 aliphatic heterocycles. The zero-order chi connectivity index (χ0) is 18.6. The van der Waals surface area contributed by atoms with Gasteiger partial charge < -0.3 is 20.1 Å². The first-order valence-electron chi connectivity index (χ1n) is 9.02. The molecule has 0 bridgehead atoms. The lowest BCUT2D eigenvalue weighted by Gasteiger charge is -2.36. The monoisotopic (exact) mass is 360 g/mol. The fraction of sp³-hybridized carbons (Fsp3) is 0.526. The van der Waals surface area contributed by atoms with Gasteiger partial charge in [0.15, 0.2) is 6.61 Å². The maximum atomic E-state index is 12.2. The summed E-state index contributed by atoms with van der Waals surface area (Å²) in [5.74, 6) is -0.772. The molecule has 0 atom stereocenters. The van der Waals surface area contributed by atoms with Gasteiger partial charge in [0, 0.05) is 31.3 Å². The van der Waals surface area contributed by atoms with Crippen molar-refractivity contribution in [2.75, 3.05) is 25.0 Å². The standard InChI is InChI=1S/C19H24N2O5/c22-16(12-19(18(24)25)7-4-8-19)20-14-5-3-6-15(11-14)26-13-17(23)21-9-1-2-10-21/h3,5-6,11H,1-2,4,7-10,12-13H2,(H,20,22)(H,24,25). The summed E-state index contributed by atoms with van der Waals surface area (Å²) in [6.07, 6.45) is 3.96. The molecule has 1 saturated carbocycles. The molecule has 7 heteroatoms. The van der Waals surface area contributed by atoms with E-state index in [1.54, 1.807) is 29.2 Å². The number of amides is 2. The molecular weight excluding hydrogens is 336 g/mol. The molecule has 2 fully saturated rings. The average Bonchev–Trinajstić information content (AvgIpc) is 3.10. The van der Waals surface area contributed by atoms with E-state index in [1.807, 2.05) is 0 Å². The fourth-order valence-electron chi connectivity index (χ4n) is 3.45. The number of carboxylic acids is 1. The van der Waals surface area contributed by atoms with E-state index in [9.17, 15) is 19.5 Å². The van der Waals surface area contributed by atoms with E-state index < -0.39 is 11.4 Å². The molecule has 1 aromatic carbocycles. The van der Waals surface area contributed by atoms with E-state index >= 15 is 0 Å². The highest BCUT2D eigenvalue weighted by molar-refractivity contribution is 5.94. The van der Waals surface area contributed by atoms with Crippen molar-refractivity contribution in [1.82, 2.24) is 4.90 Å². The van der Waals surface area contributed by atoms with Gasteiger partial charge >= 0.3 is 5.97 Å². The molecule has 1 saturated heterocycles. The van der Waals surface area contributed by atoms with Gasteiger partial charge in [-0.2, -0.15) is 0 Å². The van der Waals surface area contributed by atoms with E-state index in [0.717, 1.165) is 32.4 Å². The molecule has 0 unspecified atom stereocenters. The Morgan fingerprint density at radius 3 is 2.50 bits per heavy atom. The number of likely N-dealkylation sites (tertiary alicyclic amines) is 1. The second-order valence-electron chi connectivity index (χ2n) is 7.07. The number of nitrogens with zero attached hydrogens (tertiary/aromatic N) is 1. The lowest BCUT2D eigenvalue weighted by Crippen LogP contribution is -2.41. The van der Waals surface area contributed by atoms with Gasteiger partial charge in [-0.1, -0.05) is 12.5 Å². The SMILES string of the molecule is O=C(CC1(C(=O)O)CCC1)Nc1cccc(OCC(=O)N2CCCC2)c1. The molecular formula is C19H24N2O5. The third-order valence-electron chi connectivity index (χ3n) is 5.20. The molecule has 0 aromatic heterocycles. The predicted octanol–water partition coefficient (Wildman–Crippen LogP) is 2.27. The lowest BCUT2D eigenvalue weighted by atomic mass is 9.66. The van der Waals surface area contributed by atoms with E-state index in [1.165, 1.54) is 0 Å². The van der Waals surface area contributed by atoms with Crippen LogP contribution in [0.15, 0.2) is 24.3 Å². The van der Waals surface area contributed by atoms with Gasteiger partial charge in [-0.15, -0.1) is 0 Å². The van der Waals surface area contributed by atoms with Crippen LogP contribution in [0.1, 0.15) is 38.5 Å². The van der Waals surface area contributed by atoms with Crippen LogP contribution in [0.4, 0.5) is 5.69 Å². The normalized spacial score (nSPS) is 18.1. The number of benzene rings is 1. The summed E-state index contributed by atoms with van der Waals surface area (Å²) in [4.78, 5) is 37.4. The van der Waals surface area contributed by atoms with Crippen molar-refractivity contribution < 1.29 is 24.2 Å². The van der Waals surface area contributed by atoms with Gasteiger partial charge in [-0.3, -0.25) is 14.4 Å². The summed E-state index contributed by atoms with van der Waals surface area (Å²) >= 11 is 0. The van der Waals surface area contributed by atoms with Crippen LogP contribution in [-0.4, -0.2) is 47.5 Å². The number of carbonyl (C=O) groups is 3. The third kappa shape index (κ3) is 4.15. The minimum Gasteiger partial charge on any atom is -0.484 e. The average molecular weight is 360 g/mol.